The average Bonchev–Trinajstić information content (AvgIpc) is 2.93. The molecule has 1 aliphatic carbocycles. The van der Waals surface area contributed by atoms with E-state index in [0.717, 1.165) is 0 Å². The third-order valence-corrected chi connectivity index (χ3v) is 8.80. The summed E-state index contributed by atoms with van der Waals surface area (Å²) in [5.41, 5.74) is -1.65. The van der Waals surface area contributed by atoms with E-state index in [1.165, 1.54) is 53.5 Å². The van der Waals surface area contributed by atoms with Crippen molar-refractivity contribution >= 4 is 29.5 Å². The van der Waals surface area contributed by atoms with Crippen LogP contribution >= 0.6 is 0 Å². The van der Waals surface area contributed by atoms with Crippen LogP contribution in [0, 0.1) is 0 Å². The number of ether oxygens (including phenoxy) is 4. The van der Waals surface area contributed by atoms with Crippen LogP contribution in [0.2, 0.25) is 0 Å². The Hall–Kier alpha value is -2.93. The molecule has 5 amide bonds. The summed E-state index contributed by atoms with van der Waals surface area (Å²) >= 11 is 0. The summed E-state index contributed by atoms with van der Waals surface area (Å²) in [6, 6.07) is -4.02. The second-order valence-electron chi connectivity index (χ2n) is 13.1. The highest BCUT2D eigenvalue weighted by Crippen LogP contribution is 2.34. The lowest BCUT2D eigenvalue weighted by Crippen LogP contribution is -2.70. The van der Waals surface area contributed by atoms with E-state index in [1.54, 1.807) is 6.92 Å². The van der Waals surface area contributed by atoms with E-state index in [2.05, 4.69) is 21.3 Å². The predicted molar refractivity (Wildman–Crippen MR) is 163 cm³/mol. The first-order valence-corrected chi connectivity index (χ1v) is 15.8. The van der Waals surface area contributed by atoms with Crippen molar-refractivity contribution in [2.24, 2.45) is 0 Å². The lowest BCUT2D eigenvalue weighted by molar-refractivity contribution is -0.315. The normalized spacial score (nSPS) is 38.0. The summed E-state index contributed by atoms with van der Waals surface area (Å²) in [4.78, 5) is 61.7. The summed E-state index contributed by atoms with van der Waals surface area (Å²) in [5.74, 6) is -1.94. The van der Waals surface area contributed by atoms with Gasteiger partial charge in [0.1, 0.15) is 30.0 Å². The van der Waals surface area contributed by atoms with Gasteiger partial charge in [-0.2, -0.15) is 0 Å². The maximum absolute atomic E-state index is 12.3. The number of aliphatic hydroxyl groups excluding tert-OH is 2. The van der Waals surface area contributed by atoms with Crippen LogP contribution in [-0.4, -0.2) is 142 Å². The minimum Gasteiger partial charge on any atom is -0.388 e. The second-order valence-corrected chi connectivity index (χ2v) is 13.1. The molecule has 2 heterocycles. The molecule has 268 valence electrons. The molecule has 0 aromatic heterocycles. The number of nitrogens with one attached hydrogen (secondary N) is 4. The summed E-state index contributed by atoms with van der Waals surface area (Å²) in [6.07, 6.45) is -7.91. The van der Waals surface area contributed by atoms with Crippen LogP contribution in [0.15, 0.2) is 0 Å². The van der Waals surface area contributed by atoms with Crippen LogP contribution in [-0.2, 0) is 42.9 Å². The Balaban J connectivity index is 1.96. The fourth-order valence-corrected chi connectivity index (χ4v) is 6.71. The third kappa shape index (κ3) is 9.81. The molecule has 7 N–H and O–H groups in total. The van der Waals surface area contributed by atoms with Crippen molar-refractivity contribution in [3.05, 3.63) is 0 Å². The number of carbonyl (C=O) groups is 5. The monoisotopic (exact) mass is 673 g/mol. The number of carbonyl (C=O) groups excluding carboxylic acids is 5. The fraction of sp³-hybridized carbons (Fsp3) is 0.833. The fourth-order valence-electron chi connectivity index (χ4n) is 6.71. The number of rotatable bonds is 10. The molecule has 3 rings (SSSR count). The van der Waals surface area contributed by atoms with Crippen molar-refractivity contribution in [2.75, 3.05) is 13.7 Å². The van der Waals surface area contributed by atoms with Crippen LogP contribution in [0.4, 0.5) is 0 Å². The van der Waals surface area contributed by atoms with E-state index in [-0.39, 0.29) is 24.8 Å². The minimum atomic E-state index is -1.65. The van der Waals surface area contributed by atoms with E-state index >= 15 is 0 Å². The van der Waals surface area contributed by atoms with Gasteiger partial charge in [0, 0.05) is 41.7 Å². The quantitative estimate of drug-likeness (QED) is 0.126. The highest BCUT2D eigenvalue weighted by molar-refractivity contribution is 5.75. The first-order valence-electron chi connectivity index (χ1n) is 15.8. The molecule has 13 atom stereocenters. The van der Waals surface area contributed by atoms with Gasteiger partial charge in [-0.15, -0.1) is 0 Å². The van der Waals surface area contributed by atoms with Crippen LogP contribution < -0.4 is 21.3 Å². The average molecular weight is 674 g/mol. The molecular weight excluding hydrogens is 622 g/mol. The predicted octanol–water partition coefficient (Wildman–Crippen LogP) is -2.62. The maximum atomic E-state index is 12.3. The van der Waals surface area contributed by atoms with Gasteiger partial charge < -0.3 is 60.4 Å². The van der Waals surface area contributed by atoms with Gasteiger partial charge in [0.2, 0.25) is 29.5 Å². The standard InChI is InChI=1S/C30H51N5O12/c1-13(31-14(2)36)22-10-9-19(32-15(3)37)28(45-22)46-25-20(33-16(4)38)11-21(34-17(5)39)26(23(25)41)47-29-24(42)27(35(8)18(6)40)30(7,43)12-44-29/h13,19-29,41-43H,9-12H2,1-8H3,(H,31,36)(H,32,37)(H,33,38)(H,34,39). The zero-order valence-corrected chi connectivity index (χ0v) is 28.2. The van der Waals surface area contributed by atoms with E-state index in [0.29, 0.717) is 12.8 Å². The Bertz CT molecular complexity index is 1160. The molecule has 0 aromatic rings. The molecule has 17 heteroatoms. The molecule has 0 radical (unpaired) electrons. The Morgan fingerprint density at radius 2 is 1.32 bits per heavy atom. The molecule has 3 fully saturated rings. The SMILES string of the molecule is CC(=O)NC(C)C1CCC(NC(C)=O)C(OC2C(NC(C)=O)CC(NC(C)=O)C(OC3OCC(C)(O)C(N(C)C(C)=O)C3O)C2O)O1. The van der Waals surface area contributed by atoms with Gasteiger partial charge in [0.05, 0.1) is 42.9 Å². The topological polar surface area (TPSA) is 234 Å². The molecule has 0 aromatic carbocycles. The van der Waals surface area contributed by atoms with Crippen LogP contribution in [0.5, 0.6) is 0 Å². The van der Waals surface area contributed by atoms with E-state index < -0.39 is 96.6 Å². The smallest absolute Gasteiger partial charge is 0.219 e. The first kappa shape index (κ1) is 38.5. The van der Waals surface area contributed by atoms with E-state index in [9.17, 15) is 39.3 Å². The zero-order valence-electron chi connectivity index (χ0n) is 28.2. The van der Waals surface area contributed by atoms with Gasteiger partial charge in [-0.3, -0.25) is 24.0 Å². The van der Waals surface area contributed by atoms with Gasteiger partial charge in [-0.25, -0.2) is 0 Å². The third-order valence-electron chi connectivity index (χ3n) is 8.80. The Morgan fingerprint density at radius 1 is 0.809 bits per heavy atom. The molecule has 47 heavy (non-hydrogen) atoms. The molecule has 17 nitrogen and oxygen atoms in total. The number of likely N-dealkylation sites (N-methyl/N-ethyl adjacent to an activating group) is 1. The number of hydrogen-bond acceptors (Lipinski definition) is 12. The molecule has 13 unspecified atom stereocenters. The number of aliphatic hydroxyl groups is 3. The maximum Gasteiger partial charge on any atom is 0.219 e. The lowest BCUT2D eigenvalue weighted by Gasteiger charge is -2.51. The van der Waals surface area contributed by atoms with Crippen molar-refractivity contribution in [1.82, 2.24) is 26.2 Å². The van der Waals surface area contributed by atoms with E-state index in [4.69, 9.17) is 18.9 Å². The zero-order chi connectivity index (χ0) is 35.4. The molecule has 0 spiro atoms. The van der Waals surface area contributed by atoms with Gasteiger partial charge in [-0.05, 0) is 33.1 Å². The van der Waals surface area contributed by atoms with E-state index in [1.807, 2.05) is 0 Å². The highest BCUT2D eigenvalue weighted by Gasteiger charge is 2.54. The first-order chi connectivity index (χ1) is 21.8. The van der Waals surface area contributed by atoms with Crippen LogP contribution in [0.25, 0.3) is 0 Å². The van der Waals surface area contributed by atoms with Gasteiger partial charge in [0.25, 0.3) is 0 Å². The Labute approximate surface area is 274 Å². The van der Waals surface area contributed by atoms with Crippen LogP contribution in [0.3, 0.4) is 0 Å². The lowest BCUT2D eigenvalue weighted by atomic mass is 9.82. The Kier molecular flexibility index (Phi) is 13.1. The van der Waals surface area contributed by atoms with Gasteiger partial charge >= 0.3 is 0 Å². The number of hydrogen-bond donors (Lipinski definition) is 7. The summed E-state index contributed by atoms with van der Waals surface area (Å²) in [6.45, 7) is 9.39. The Morgan fingerprint density at radius 3 is 1.81 bits per heavy atom. The summed E-state index contributed by atoms with van der Waals surface area (Å²) in [5, 5.41) is 45.2. The molecule has 0 bridgehead atoms. The van der Waals surface area contributed by atoms with Gasteiger partial charge in [0.15, 0.2) is 12.6 Å². The summed E-state index contributed by atoms with van der Waals surface area (Å²) < 4.78 is 24.4. The van der Waals surface area contributed by atoms with Crippen molar-refractivity contribution in [2.45, 2.75) is 147 Å². The van der Waals surface area contributed by atoms with Crippen molar-refractivity contribution in [3.63, 3.8) is 0 Å². The largest absolute Gasteiger partial charge is 0.388 e. The summed E-state index contributed by atoms with van der Waals surface area (Å²) in [7, 11) is 1.42. The van der Waals surface area contributed by atoms with Crippen molar-refractivity contribution in [1.29, 1.82) is 0 Å². The second kappa shape index (κ2) is 16.0. The number of amides is 5. The molecule has 3 aliphatic rings. The van der Waals surface area contributed by atoms with Crippen LogP contribution in [0.1, 0.15) is 67.7 Å². The van der Waals surface area contributed by atoms with Crippen molar-refractivity contribution < 1.29 is 58.2 Å². The molecule has 1 saturated carbocycles. The molecule has 2 aliphatic heterocycles. The van der Waals surface area contributed by atoms with Crippen molar-refractivity contribution in [3.8, 4) is 0 Å². The molecule has 2 saturated heterocycles. The highest BCUT2D eigenvalue weighted by atomic mass is 16.7. The minimum absolute atomic E-state index is 0.00606. The molecular formula is C30H51N5O12. The van der Waals surface area contributed by atoms with Gasteiger partial charge in [-0.1, -0.05) is 0 Å². The number of nitrogens with zero attached hydrogens (tertiary/aromatic N) is 1.